The number of ether oxygens (including phenoxy) is 1. The number of amides is 1. The Morgan fingerprint density at radius 2 is 2.10 bits per heavy atom. The molecule has 0 radical (unpaired) electrons. The van der Waals surface area contributed by atoms with Crippen molar-refractivity contribution >= 4 is 23.2 Å². The van der Waals surface area contributed by atoms with Gasteiger partial charge in [-0.2, -0.15) is 0 Å². The van der Waals surface area contributed by atoms with Gasteiger partial charge < -0.3 is 16.2 Å². The van der Waals surface area contributed by atoms with Gasteiger partial charge in [-0.15, -0.1) is 0 Å². The predicted molar refractivity (Wildman–Crippen MR) is 83.2 cm³/mol. The highest BCUT2D eigenvalue weighted by atomic mass is 35.5. The second-order valence-electron chi connectivity index (χ2n) is 4.97. The summed E-state index contributed by atoms with van der Waals surface area (Å²) < 4.78 is 5.75. The quantitative estimate of drug-likeness (QED) is 0.720. The van der Waals surface area contributed by atoms with Crippen LogP contribution in [-0.2, 0) is 0 Å². The normalized spacial score (nSPS) is 12.2. The van der Waals surface area contributed by atoms with Crippen molar-refractivity contribution in [2.75, 3.05) is 12.3 Å². The minimum Gasteiger partial charge on any atom is -0.491 e. The van der Waals surface area contributed by atoms with Crippen LogP contribution in [-0.4, -0.2) is 12.5 Å². The SMILES string of the molecule is CCCCC(CC)COc1c(Cl)cc(N)cc1C(N)=O. The Labute approximate surface area is 125 Å². The Bertz CT molecular complexity index is 463. The van der Waals surface area contributed by atoms with Gasteiger partial charge in [0, 0.05) is 5.69 Å². The van der Waals surface area contributed by atoms with Crippen LogP contribution in [0, 0.1) is 5.92 Å². The number of rotatable bonds is 8. The third-order valence-corrected chi connectivity index (χ3v) is 3.62. The van der Waals surface area contributed by atoms with Gasteiger partial charge in [-0.3, -0.25) is 4.79 Å². The van der Waals surface area contributed by atoms with E-state index >= 15 is 0 Å². The summed E-state index contributed by atoms with van der Waals surface area (Å²) in [6.45, 7) is 4.82. The fourth-order valence-electron chi connectivity index (χ4n) is 2.04. The molecule has 1 atom stereocenters. The van der Waals surface area contributed by atoms with Crippen LogP contribution in [0.15, 0.2) is 12.1 Å². The maximum atomic E-state index is 11.4. The van der Waals surface area contributed by atoms with Gasteiger partial charge in [-0.25, -0.2) is 0 Å². The van der Waals surface area contributed by atoms with Gasteiger partial charge in [-0.1, -0.05) is 44.7 Å². The molecule has 0 saturated carbocycles. The van der Waals surface area contributed by atoms with Crippen molar-refractivity contribution in [2.24, 2.45) is 11.7 Å². The van der Waals surface area contributed by atoms with Gasteiger partial charge in [0.25, 0.3) is 5.91 Å². The van der Waals surface area contributed by atoms with Crippen molar-refractivity contribution in [1.29, 1.82) is 0 Å². The number of carbonyl (C=O) groups excluding carboxylic acids is 1. The first kappa shape index (κ1) is 16.6. The Morgan fingerprint density at radius 1 is 1.40 bits per heavy atom. The molecule has 4 nitrogen and oxygen atoms in total. The van der Waals surface area contributed by atoms with Gasteiger partial charge >= 0.3 is 0 Å². The summed E-state index contributed by atoms with van der Waals surface area (Å²) in [5.74, 6) is 0.198. The van der Waals surface area contributed by atoms with E-state index in [1.807, 2.05) is 0 Å². The number of hydrogen-bond acceptors (Lipinski definition) is 3. The Kier molecular flexibility index (Phi) is 6.65. The van der Waals surface area contributed by atoms with Crippen LogP contribution in [0.1, 0.15) is 49.9 Å². The number of hydrogen-bond donors (Lipinski definition) is 2. The molecule has 1 unspecified atom stereocenters. The van der Waals surface area contributed by atoms with Crippen LogP contribution in [0.3, 0.4) is 0 Å². The third-order valence-electron chi connectivity index (χ3n) is 3.34. The number of carbonyl (C=O) groups is 1. The molecule has 1 aromatic carbocycles. The zero-order chi connectivity index (χ0) is 15.1. The number of anilines is 1. The molecule has 5 heteroatoms. The molecule has 4 N–H and O–H groups in total. The minimum absolute atomic E-state index is 0.236. The number of benzene rings is 1. The van der Waals surface area contributed by atoms with Crippen LogP contribution in [0.4, 0.5) is 5.69 Å². The van der Waals surface area contributed by atoms with Crippen molar-refractivity contribution in [3.05, 3.63) is 22.7 Å². The lowest BCUT2D eigenvalue weighted by Crippen LogP contribution is -2.17. The molecule has 1 amide bonds. The highest BCUT2D eigenvalue weighted by molar-refractivity contribution is 6.33. The summed E-state index contributed by atoms with van der Waals surface area (Å²) in [7, 11) is 0. The molecule has 0 aliphatic heterocycles. The first-order valence-corrected chi connectivity index (χ1v) is 7.38. The Morgan fingerprint density at radius 3 is 2.65 bits per heavy atom. The molecule has 0 aliphatic carbocycles. The topological polar surface area (TPSA) is 78.3 Å². The lowest BCUT2D eigenvalue weighted by atomic mass is 10.0. The second-order valence-corrected chi connectivity index (χ2v) is 5.38. The average Bonchev–Trinajstić information content (AvgIpc) is 2.40. The number of primary amides is 1. The van der Waals surface area contributed by atoms with E-state index in [0.717, 1.165) is 19.3 Å². The molecule has 0 fully saturated rings. The summed E-state index contributed by atoms with van der Waals surface area (Å²) in [6.07, 6.45) is 4.45. The largest absolute Gasteiger partial charge is 0.491 e. The molecule has 112 valence electrons. The first-order chi connectivity index (χ1) is 9.49. The van der Waals surface area contributed by atoms with Gasteiger partial charge in [0.1, 0.15) is 0 Å². The predicted octanol–water partition coefficient (Wildman–Crippen LogP) is 3.62. The van der Waals surface area contributed by atoms with Crippen molar-refractivity contribution in [3.63, 3.8) is 0 Å². The van der Waals surface area contributed by atoms with Crippen LogP contribution >= 0.6 is 11.6 Å². The number of nitrogens with two attached hydrogens (primary N) is 2. The average molecular weight is 299 g/mol. The Balaban J connectivity index is 2.83. The Hall–Kier alpha value is -1.42. The monoisotopic (exact) mass is 298 g/mol. The van der Waals surface area contributed by atoms with Gasteiger partial charge in [0.15, 0.2) is 5.75 Å². The first-order valence-electron chi connectivity index (χ1n) is 7.01. The summed E-state index contributed by atoms with van der Waals surface area (Å²) in [6, 6.07) is 3.06. The molecule has 1 aromatic rings. The van der Waals surface area contributed by atoms with Crippen molar-refractivity contribution in [2.45, 2.75) is 39.5 Å². The number of unbranched alkanes of at least 4 members (excludes halogenated alkanes) is 1. The smallest absolute Gasteiger partial charge is 0.252 e. The van der Waals surface area contributed by atoms with Gasteiger partial charge in [-0.05, 0) is 24.5 Å². The van der Waals surface area contributed by atoms with Crippen molar-refractivity contribution in [3.8, 4) is 5.75 Å². The molecular weight excluding hydrogens is 276 g/mol. The zero-order valence-electron chi connectivity index (χ0n) is 12.1. The van der Waals surface area contributed by atoms with E-state index in [1.165, 1.54) is 12.5 Å². The van der Waals surface area contributed by atoms with E-state index in [0.29, 0.717) is 29.0 Å². The zero-order valence-corrected chi connectivity index (χ0v) is 12.9. The fraction of sp³-hybridized carbons (Fsp3) is 0.533. The third kappa shape index (κ3) is 4.60. The molecular formula is C15H23ClN2O2. The molecule has 0 bridgehead atoms. The van der Waals surface area contributed by atoms with E-state index < -0.39 is 5.91 Å². The molecule has 0 spiro atoms. The van der Waals surface area contributed by atoms with E-state index in [-0.39, 0.29) is 5.56 Å². The van der Waals surface area contributed by atoms with E-state index in [9.17, 15) is 4.79 Å². The highest BCUT2D eigenvalue weighted by Gasteiger charge is 2.16. The van der Waals surface area contributed by atoms with Crippen LogP contribution in [0.5, 0.6) is 5.75 Å². The summed E-state index contributed by atoms with van der Waals surface area (Å²) in [4.78, 5) is 11.4. The minimum atomic E-state index is -0.587. The molecule has 1 rings (SSSR count). The lowest BCUT2D eigenvalue weighted by molar-refractivity contribution is 0.0995. The van der Waals surface area contributed by atoms with Crippen LogP contribution in [0.25, 0.3) is 0 Å². The molecule has 0 heterocycles. The standard InChI is InChI=1S/C15H23ClN2O2/c1-3-5-6-10(4-2)9-20-14-12(15(18)19)7-11(17)8-13(14)16/h7-8,10H,3-6,9,17H2,1-2H3,(H2,18,19). The van der Waals surface area contributed by atoms with Gasteiger partial charge in [0.2, 0.25) is 0 Å². The highest BCUT2D eigenvalue weighted by Crippen LogP contribution is 2.32. The van der Waals surface area contributed by atoms with E-state index in [1.54, 1.807) is 6.07 Å². The van der Waals surface area contributed by atoms with E-state index in [4.69, 9.17) is 27.8 Å². The maximum absolute atomic E-state index is 11.4. The second kappa shape index (κ2) is 8.00. The molecule has 0 aliphatic rings. The molecule has 0 saturated heterocycles. The number of nitrogen functional groups attached to an aromatic ring is 1. The summed E-state index contributed by atoms with van der Waals surface area (Å²) >= 11 is 6.10. The van der Waals surface area contributed by atoms with Crippen LogP contribution < -0.4 is 16.2 Å². The number of halogens is 1. The van der Waals surface area contributed by atoms with Gasteiger partial charge in [0.05, 0.1) is 17.2 Å². The lowest BCUT2D eigenvalue weighted by Gasteiger charge is -2.18. The fourth-order valence-corrected chi connectivity index (χ4v) is 2.33. The molecule has 20 heavy (non-hydrogen) atoms. The summed E-state index contributed by atoms with van der Waals surface area (Å²) in [5.41, 5.74) is 11.6. The van der Waals surface area contributed by atoms with Crippen molar-refractivity contribution in [1.82, 2.24) is 0 Å². The van der Waals surface area contributed by atoms with E-state index in [2.05, 4.69) is 13.8 Å². The summed E-state index contributed by atoms with van der Waals surface area (Å²) in [5, 5.41) is 0.323. The van der Waals surface area contributed by atoms with Crippen LogP contribution in [0.2, 0.25) is 5.02 Å². The van der Waals surface area contributed by atoms with Crippen molar-refractivity contribution < 1.29 is 9.53 Å². The molecule has 0 aromatic heterocycles. The maximum Gasteiger partial charge on any atom is 0.252 e.